The van der Waals surface area contributed by atoms with Crippen LogP contribution in [0.1, 0.15) is 5.56 Å². The molecular weight excluding hydrogens is 352 g/mol. The van der Waals surface area contributed by atoms with Gasteiger partial charge in [0.2, 0.25) is 5.91 Å². The van der Waals surface area contributed by atoms with Gasteiger partial charge in [-0.3, -0.25) is 9.69 Å². The molecule has 3 aromatic rings. The van der Waals surface area contributed by atoms with E-state index in [-0.39, 0.29) is 5.91 Å². The molecule has 4 nitrogen and oxygen atoms in total. The summed E-state index contributed by atoms with van der Waals surface area (Å²) in [7, 11) is 1.64. The van der Waals surface area contributed by atoms with E-state index >= 15 is 0 Å². The molecule has 25 heavy (non-hydrogen) atoms. The van der Waals surface area contributed by atoms with Gasteiger partial charge >= 0.3 is 0 Å². The normalized spacial score (nSPS) is 11.0. The van der Waals surface area contributed by atoms with Crippen LogP contribution in [0.25, 0.3) is 10.2 Å². The monoisotopic (exact) mass is 372 g/mol. The first-order valence-electron chi connectivity index (χ1n) is 8.02. The topological polar surface area (TPSA) is 42.4 Å². The van der Waals surface area contributed by atoms with E-state index in [0.717, 1.165) is 20.2 Å². The van der Waals surface area contributed by atoms with Gasteiger partial charge in [-0.15, -0.1) is 11.8 Å². The average molecular weight is 373 g/mol. The van der Waals surface area contributed by atoms with E-state index < -0.39 is 0 Å². The van der Waals surface area contributed by atoms with Crippen molar-refractivity contribution in [2.45, 2.75) is 11.8 Å². The predicted molar refractivity (Wildman–Crippen MR) is 106 cm³/mol. The first kappa shape index (κ1) is 17.9. The Morgan fingerprint density at radius 3 is 2.68 bits per heavy atom. The van der Waals surface area contributed by atoms with Gasteiger partial charge in [0.05, 0.1) is 29.1 Å². The van der Waals surface area contributed by atoms with Crippen LogP contribution in [0.5, 0.6) is 0 Å². The van der Waals surface area contributed by atoms with Crippen molar-refractivity contribution < 1.29 is 9.53 Å². The largest absolute Gasteiger partial charge is 0.383 e. The summed E-state index contributed by atoms with van der Waals surface area (Å²) >= 11 is 3.08. The number of nitrogens with zero attached hydrogens (tertiary/aromatic N) is 2. The number of ether oxygens (including phenoxy) is 1. The second-order valence-corrected chi connectivity index (χ2v) is 7.66. The molecular formula is C19H20N2O2S2. The van der Waals surface area contributed by atoms with E-state index in [1.165, 1.54) is 16.9 Å². The lowest BCUT2D eigenvalue weighted by atomic mass is 10.2. The van der Waals surface area contributed by atoms with Crippen LogP contribution in [0.2, 0.25) is 0 Å². The summed E-state index contributed by atoms with van der Waals surface area (Å²) in [6.45, 7) is 3.04. The number of thioether (sulfide) groups is 1. The standard InChI is InChI=1S/C19H20N2O2S2/c1-14-7-9-15(10-8-14)24-13-18(22)21(11-12-23-2)19-20-16-5-3-4-6-17(16)25-19/h3-10H,11-13H2,1-2H3. The van der Waals surface area contributed by atoms with Gasteiger partial charge < -0.3 is 4.74 Å². The number of hydrogen-bond donors (Lipinski definition) is 0. The third-order valence-corrected chi connectivity index (χ3v) is 5.77. The molecule has 3 rings (SSSR count). The van der Waals surface area contributed by atoms with Crippen LogP contribution in [-0.2, 0) is 9.53 Å². The molecule has 0 aliphatic heterocycles. The van der Waals surface area contributed by atoms with Crippen LogP contribution in [0.3, 0.4) is 0 Å². The lowest BCUT2D eigenvalue weighted by molar-refractivity contribution is -0.116. The number of thiazole rings is 1. The van der Waals surface area contributed by atoms with Crippen molar-refractivity contribution in [2.75, 3.05) is 30.9 Å². The molecule has 0 saturated heterocycles. The highest BCUT2D eigenvalue weighted by atomic mass is 32.2. The number of carbonyl (C=O) groups excluding carboxylic acids is 1. The Morgan fingerprint density at radius 1 is 1.20 bits per heavy atom. The van der Waals surface area contributed by atoms with E-state index in [1.54, 1.807) is 23.8 Å². The van der Waals surface area contributed by atoms with E-state index in [1.807, 2.05) is 36.4 Å². The molecule has 0 aliphatic carbocycles. The second kappa shape index (κ2) is 8.47. The molecule has 0 N–H and O–H groups in total. The van der Waals surface area contributed by atoms with Crippen molar-refractivity contribution in [1.29, 1.82) is 0 Å². The smallest absolute Gasteiger partial charge is 0.239 e. The molecule has 0 bridgehead atoms. The summed E-state index contributed by atoms with van der Waals surface area (Å²) in [4.78, 5) is 20.2. The van der Waals surface area contributed by atoms with Gasteiger partial charge in [0, 0.05) is 12.0 Å². The minimum atomic E-state index is 0.0432. The first-order valence-corrected chi connectivity index (χ1v) is 9.82. The van der Waals surface area contributed by atoms with Crippen molar-refractivity contribution in [1.82, 2.24) is 4.98 Å². The van der Waals surface area contributed by atoms with Crippen molar-refractivity contribution >= 4 is 44.4 Å². The van der Waals surface area contributed by atoms with Gasteiger partial charge in [-0.05, 0) is 31.2 Å². The summed E-state index contributed by atoms with van der Waals surface area (Å²) in [5.74, 6) is 0.421. The molecule has 0 atom stereocenters. The molecule has 130 valence electrons. The number of hydrogen-bond acceptors (Lipinski definition) is 5. The Hall–Kier alpha value is -1.89. The maximum atomic E-state index is 12.8. The van der Waals surface area contributed by atoms with Gasteiger partial charge in [-0.25, -0.2) is 4.98 Å². The van der Waals surface area contributed by atoms with E-state index in [0.29, 0.717) is 18.9 Å². The summed E-state index contributed by atoms with van der Waals surface area (Å²) in [5.41, 5.74) is 2.13. The fourth-order valence-electron chi connectivity index (χ4n) is 2.34. The molecule has 2 aromatic carbocycles. The predicted octanol–water partition coefficient (Wildman–Crippen LogP) is 4.38. The Balaban J connectivity index is 1.74. The highest BCUT2D eigenvalue weighted by Gasteiger charge is 2.19. The summed E-state index contributed by atoms with van der Waals surface area (Å²) < 4.78 is 6.25. The number of anilines is 1. The zero-order valence-electron chi connectivity index (χ0n) is 14.3. The first-order chi connectivity index (χ1) is 12.2. The molecule has 6 heteroatoms. The molecule has 0 unspecified atom stereocenters. The maximum Gasteiger partial charge on any atom is 0.239 e. The van der Waals surface area contributed by atoms with Crippen LogP contribution < -0.4 is 4.90 Å². The number of carbonyl (C=O) groups is 1. The number of benzene rings is 2. The zero-order valence-corrected chi connectivity index (χ0v) is 15.9. The lowest BCUT2D eigenvalue weighted by Crippen LogP contribution is -2.35. The second-order valence-electron chi connectivity index (χ2n) is 5.60. The SMILES string of the molecule is COCCN(C(=O)CSc1ccc(C)cc1)c1nc2ccccc2s1. The van der Waals surface area contributed by atoms with E-state index in [4.69, 9.17) is 4.74 Å². The fraction of sp³-hybridized carbons (Fsp3) is 0.263. The number of aromatic nitrogens is 1. The van der Waals surface area contributed by atoms with Gasteiger partial charge in [0.1, 0.15) is 0 Å². The third kappa shape index (κ3) is 4.60. The quantitative estimate of drug-likeness (QED) is 0.577. The maximum absolute atomic E-state index is 12.8. The van der Waals surface area contributed by atoms with E-state index in [2.05, 4.69) is 24.0 Å². The van der Waals surface area contributed by atoms with Crippen LogP contribution in [0.15, 0.2) is 53.4 Å². The van der Waals surface area contributed by atoms with Gasteiger partial charge in [-0.1, -0.05) is 41.2 Å². The Morgan fingerprint density at radius 2 is 1.96 bits per heavy atom. The van der Waals surface area contributed by atoms with Crippen LogP contribution in [-0.4, -0.2) is 36.9 Å². The number of methoxy groups -OCH3 is 1. The minimum absolute atomic E-state index is 0.0432. The molecule has 1 aromatic heterocycles. The molecule has 1 heterocycles. The van der Waals surface area contributed by atoms with Crippen LogP contribution >= 0.6 is 23.1 Å². The fourth-order valence-corrected chi connectivity index (χ4v) is 4.13. The average Bonchev–Trinajstić information content (AvgIpc) is 3.05. The van der Waals surface area contributed by atoms with Crippen LogP contribution in [0.4, 0.5) is 5.13 Å². The van der Waals surface area contributed by atoms with Crippen molar-refractivity contribution in [3.63, 3.8) is 0 Å². The van der Waals surface area contributed by atoms with Crippen molar-refractivity contribution in [3.8, 4) is 0 Å². The summed E-state index contributed by atoms with van der Waals surface area (Å²) in [5, 5.41) is 0.729. The number of amides is 1. The zero-order chi connectivity index (χ0) is 17.6. The van der Waals surface area contributed by atoms with Crippen LogP contribution in [0, 0.1) is 6.92 Å². The minimum Gasteiger partial charge on any atom is -0.383 e. The van der Waals surface area contributed by atoms with Crippen molar-refractivity contribution in [2.24, 2.45) is 0 Å². The molecule has 0 radical (unpaired) electrons. The van der Waals surface area contributed by atoms with Gasteiger partial charge in [0.15, 0.2) is 5.13 Å². The Bertz CT molecular complexity index is 813. The highest BCUT2D eigenvalue weighted by Crippen LogP contribution is 2.29. The molecule has 0 spiro atoms. The molecule has 0 fully saturated rings. The number of fused-ring (bicyclic) bond motifs is 1. The summed E-state index contributed by atoms with van der Waals surface area (Å²) in [6.07, 6.45) is 0. The number of aryl methyl sites for hydroxylation is 1. The number of para-hydroxylation sites is 1. The Kier molecular flexibility index (Phi) is 6.07. The molecule has 0 aliphatic rings. The highest BCUT2D eigenvalue weighted by molar-refractivity contribution is 8.00. The van der Waals surface area contributed by atoms with Gasteiger partial charge in [-0.2, -0.15) is 0 Å². The molecule has 0 saturated carbocycles. The van der Waals surface area contributed by atoms with Crippen molar-refractivity contribution in [3.05, 3.63) is 54.1 Å². The lowest BCUT2D eigenvalue weighted by Gasteiger charge is -2.19. The molecule has 1 amide bonds. The third-order valence-electron chi connectivity index (χ3n) is 3.72. The van der Waals surface area contributed by atoms with E-state index in [9.17, 15) is 4.79 Å². The summed E-state index contributed by atoms with van der Waals surface area (Å²) in [6, 6.07) is 16.1. The van der Waals surface area contributed by atoms with Gasteiger partial charge in [0.25, 0.3) is 0 Å². The Labute approximate surface area is 155 Å². The number of rotatable bonds is 7.